The van der Waals surface area contributed by atoms with Crippen molar-refractivity contribution in [2.45, 2.75) is 51.4 Å². The molecule has 0 radical (unpaired) electrons. The molecule has 2 aliphatic rings. The first-order valence-corrected chi connectivity index (χ1v) is 10.8. The van der Waals surface area contributed by atoms with Crippen LogP contribution in [-0.2, 0) is 4.74 Å². The molecule has 0 spiro atoms. The molecule has 1 heterocycles. The van der Waals surface area contributed by atoms with E-state index >= 15 is 0 Å². The zero-order chi connectivity index (χ0) is 19.4. The molecule has 1 aliphatic heterocycles. The molecule has 1 aromatic rings. The largest absolute Gasteiger partial charge is 0.377 e. The van der Waals surface area contributed by atoms with Crippen LogP contribution in [0, 0.1) is 17.2 Å². The molecule has 1 aromatic carbocycles. The van der Waals surface area contributed by atoms with E-state index in [1.54, 1.807) is 0 Å². The molecule has 1 saturated carbocycles. The number of thiol groups is 1. The molecule has 1 saturated heterocycles. The number of rotatable bonds is 6. The normalized spacial score (nSPS) is 27.5. The van der Waals surface area contributed by atoms with Crippen LogP contribution in [0.5, 0.6) is 0 Å². The average Bonchev–Trinajstić information content (AvgIpc) is 2.60. The van der Waals surface area contributed by atoms with Gasteiger partial charge in [0, 0.05) is 43.7 Å². The summed E-state index contributed by atoms with van der Waals surface area (Å²) < 4.78 is 19.3. The molecule has 1 aliphatic carbocycles. The van der Waals surface area contributed by atoms with Crippen LogP contribution in [0.15, 0.2) is 24.3 Å². The van der Waals surface area contributed by atoms with Crippen molar-refractivity contribution in [3.8, 4) is 0 Å². The second kappa shape index (κ2) is 9.15. The van der Waals surface area contributed by atoms with Crippen molar-refractivity contribution < 1.29 is 9.13 Å². The molecule has 2 fully saturated rings. The third kappa shape index (κ3) is 6.37. The van der Waals surface area contributed by atoms with Crippen molar-refractivity contribution in [3.05, 3.63) is 30.1 Å². The molecular weight excluding hydrogens is 359 g/mol. The van der Waals surface area contributed by atoms with Gasteiger partial charge in [-0.3, -0.25) is 4.90 Å². The fraction of sp³-hybridized carbons (Fsp3) is 0.727. The maximum absolute atomic E-state index is 13.1. The smallest absolute Gasteiger partial charge is 0.123 e. The van der Waals surface area contributed by atoms with Gasteiger partial charge in [-0.15, -0.1) is 0 Å². The summed E-state index contributed by atoms with van der Waals surface area (Å²) in [4.78, 5) is 4.79. The van der Waals surface area contributed by atoms with Crippen molar-refractivity contribution >= 4 is 18.3 Å². The van der Waals surface area contributed by atoms with E-state index in [1.807, 2.05) is 12.1 Å². The van der Waals surface area contributed by atoms with Gasteiger partial charge in [-0.2, -0.15) is 12.6 Å². The van der Waals surface area contributed by atoms with Crippen molar-refractivity contribution in [3.63, 3.8) is 0 Å². The molecular formula is C22H35FN2OS. The minimum atomic E-state index is -0.175. The number of ether oxygens (including phenoxy) is 1. The van der Waals surface area contributed by atoms with Gasteiger partial charge in [0.2, 0.25) is 0 Å². The predicted molar refractivity (Wildman–Crippen MR) is 114 cm³/mol. The summed E-state index contributed by atoms with van der Waals surface area (Å²) in [5.41, 5.74) is 1.50. The van der Waals surface area contributed by atoms with Gasteiger partial charge in [0.05, 0.1) is 12.7 Å². The van der Waals surface area contributed by atoms with E-state index < -0.39 is 0 Å². The van der Waals surface area contributed by atoms with Crippen LogP contribution in [0.3, 0.4) is 0 Å². The fourth-order valence-electron chi connectivity index (χ4n) is 4.82. The van der Waals surface area contributed by atoms with E-state index in [-0.39, 0.29) is 11.1 Å². The third-order valence-electron chi connectivity index (χ3n) is 5.90. The van der Waals surface area contributed by atoms with Crippen LogP contribution in [-0.4, -0.2) is 55.6 Å². The summed E-state index contributed by atoms with van der Waals surface area (Å²) in [6.07, 6.45) is 4.03. The topological polar surface area (TPSA) is 15.7 Å². The van der Waals surface area contributed by atoms with E-state index in [9.17, 15) is 4.39 Å². The summed E-state index contributed by atoms with van der Waals surface area (Å²) in [5, 5.41) is 0.253. The first-order valence-electron chi connectivity index (χ1n) is 10.3. The highest BCUT2D eigenvalue weighted by molar-refractivity contribution is 7.81. The maximum atomic E-state index is 13.1. The molecule has 27 heavy (non-hydrogen) atoms. The van der Waals surface area contributed by atoms with E-state index in [0.29, 0.717) is 11.5 Å². The highest BCUT2D eigenvalue weighted by Crippen LogP contribution is 2.39. The molecule has 5 heteroatoms. The molecule has 0 amide bonds. The number of halogens is 1. The Balaban J connectivity index is 1.38. The fourth-order valence-corrected chi connectivity index (χ4v) is 5.14. The lowest BCUT2D eigenvalue weighted by Crippen LogP contribution is -2.48. The monoisotopic (exact) mass is 394 g/mol. The summed E-state index contributed by atoms with van der Waals surface area (Å²) >= 11 is 4.79. The Kier molecular flexibility index (Phi) is 7.09. The van der Waals surface area contributed by atoms with Gasteiger partial charge in [0.15, 0.2) is 0 Å². The van der Waals surface area contributed by atoms with Crippen molar-refractivity contribution in [2.24, 2.45) is 11.3 Å². The Morgan fingerprint density at radius 3 is 2.44 bits per heavy atom. The second-order valence-corrected chi connectivity index (χ2v) is 10.0. The SMILES string of the molecule is C[C@@H]1C[C@@H](OC[C@H](S)CN2CCN(c3ccc(F)cc3)CC2)CC(C)(C)C1. The number of piperazine rings is 1. The zero-order valence-electron chi connectivity index (χ0n) is 17.0. The first kappa shape index (κ1) is 20.9. The molecule has 0 aromatic heterocycles. The molecule has 3 rings (SSSR count). The molecule has 0 N–H and O–H groups in total. The van der Waals surface area contributed by atoms with Crippen LogP contribution in [0.4, 0.5) is 10.1 Å². The molecule has 152 valence electrons. The summed E-state index contributed by atoms with van der Waals surface area (Å²) in [5.74, 6) is 0.572. The van der Waals surface area contributed by atoms with Crippen LogP contribution >= 0.6 is 12.6 Å². The summed E-state index contributed by atoms with van der Waals surface area (Å²) in [7, 11) is 0. The lowest BCUT2D eigenvalue weighted by molar-refractivity contribution is -0.0237. The Hall–Kier alpha value is -0.780. The maximum Gasteiger partial charge on any atom is 0.123 e. The van der Waals surface area contributed by atoms with Crippen molar-refractivity contribution in [1.29, 1.82) is 0 Å². The minimum absolute atomic E-state index is 0.175. The molecule has 0 unspecified atom stereocenters. The average molecular weight is 395 g/mol. The summed E-state index contributed by atoms with van der Waals surface area (Å²) in [6.45, 7) is 12.7. The highest BCUT2D eigenvalue weighted by atomic mass is 32.1. The lowest BCUT2D eigenvalue weighted by Gasteiger charge is -2.39. The van der Waals surface area contributed by atoms with Crippen molar-refractivity contribution in [2.75, 3.05) is 44.2 Å². The minimum Gasteiger partial charge on any atom is -0.377 e. The van der Waals surface area contributed by atoms with E-state index in [4.69, 9.17) is 17.4 Å². The number of hydrogen-bond acceptors (Lipinski definition) is 4. The van der Waals surface area contributed by atoms with Crippen LogP contribution < -0.4 is 4.90 Å². The molecule has 3 nitrogen and oxygen atoms in total. The molecule has 3 atom stereocenters. The Morgan fingerprint density at radius 1 is 1.15 bits per heavy atom. The van der Waals surface area contributed by atoms with Gasteiger partial charge in [0.1, 0.15) is 5.82 Å². The predicted octanol–water partition coefficient (Wildman–Crippen LogP) is 4.48. The quantitative estimate of drug-likeness (QED) is 0.717. The van der Waals surface area contributed by atoms with Gasteiger partial charge in [-0.05, 0) is 54.9 Å². The number of anilines is 1. The standard InChI is InChI=1S/C22H35FN2OS/c1-17-12-20(14-22(2,3)13-17)26-16-21(27)15-24-8-10-25(11-9-24)19-6-4-18(23)5-7-19/h4-7,17,20-21,27H,8-16H2,1-3H3/t17-,20-,21-/m1/s1. The van der Waals surface area contributed by atoms with Gasteiger partial charge in [-0.25, -0.2) is 4.39 Å². The zero-order valence-corrected chi connectivity index (χ0v) is 17.9. The van der Waals surface area contributed by atoms with Crippen LogP contribution in [0.2, 0.25) is 0 Å². The van der Waals surface area contributed by atoms with E-state index in [2.05, 4.69) is 30.6 Å². The van der Waals surface area contributed by atoms with E-state index in [1.165, 1.54) is 25.0 Å². The van der Waals surface area contributed by atoms with Gasteiger partial charge in [-0.1, -0.05) is 20.8 Å². The van der Waals surface area contributed by atoms with Crippen molar-refractivity contribution in [1.82, 2.24) is 4.90 Å². The second-order valence-electron chi connectivity index (χ2n) is 9.29. The van der Waals surface area contributed by atoms with Crippen LogP contribution in [0.1, 0.15) is 40.0 Å². The van der Waals surface area contributed by atoms with Gasteiger partial charge < -0.3 is 9.64 Å². The van der Waals surface area contributed by atoms with Gasteiger partial charge in [0.25, 0.3) is 0 Å². The number of nitrogens with zero attached hydrogens (tertiary/aromatic N) is 2. The lowest BCUT2D eigenvalue weighted by atomic mass is 9.71. The van der Waals surface area contributed by atoms with E-state index in [0.717, 1.165) is 57.4 Å². The summed E-state index contributed by atoms with van der Waals surface area (Å²) in [6, 6.07) is 6.81. The third-order valence-corrected chi connectivity index (χ3v) is 6.22. The van der Waals surface area contributed by atoms with Crippen LogP contribution in [0.25, 0.3) is 0 Å². The highest BCUT2D eigenvalue weighted by Gasteiger charge is 2.32. The number of benzene rings is 1. The van der Waals surface area contributed by atoms with Gasteiger partial charge >= 0.3 is 0 Å². The Labute approximate surface area is 169 Å². The first-order chi connectivity index (χ1) is 12.8. The Bertz CT molecular complexity index is 586. The Morgan fingerprint density at radius 2 is 1.81 bits per heavy atom. The molecule has 0 bridgehead atoms. The number of hydrogen-bond donors (Lipinski definition) is 1.